The number of rotatable bonds is 6. The third kappa shape index (κ3) is 5.23. The van der Waals surface area contributed by atoms with E-state index in [0.29, 0.717) is 25.4 Å². The largest absolute Gasteiger partial charge is 0.355 e. The number of piperidine rings is 1. The van der Waals surface area contributed by atoms with Crippen molar-refractivity contribution in [1.29, 1.82) is 0 Å². The lowest BCUT2D eigenvalue weighted by atomic mass is 9.97. The van der Waals surface area contributed by atoms with Crippen LogP contribution in [0.4, 0.5) is 0 Å². The Morgan fingerprint density at radius 2 is 2.03 bits per heavy atom. The van der Waals surface area contributed by atoms with Crippen LogP contribution in [0.1, 0.15) is 34.5 Å². The summed E-state index contributed by atoms with van der Waals surface area (Å²) in [6.45, 7) is 6.54. The van der Waals surface area contributed by atoms with Crippen LogP contribution in [0.15, 0.2) is 28.8 Å². The number of nitrogens with zero attached hydrogens (tertiary/aromatic N) is 3. The van der Waals surface area contributed by atoms with Gasteiger partial charge in [0.15, 0.2) is 11.5 Å². The van der Waals surface area contributed by atoms with E-state index in [4.69, 9.17) is 4.52 Å². The molecule has 1 saturated heterocycles. The average Bonchev–Trinajstić information content (AvgIpc) is 3.19. The second kappa shape index (κ2) is 9.22. The molecule has 1 atom stereocenters. The van der Waals surface area contributed by atoms with Crippen molar-refractivity contribution in [3.63, 3.8) is 0 Å². The maximum atomic E-state index is 12.9. The SMILES string of the molecule is Cc1ccc(-c2cc(C(=O)N3CCC[C@H](C(=O)NCCN(C)C)C3)no2)cc1C. The van der Waals surface area contributed by atoms with Gasteiger partial charge in [0.2, 0.25) is 5.91 Å². The van der Waals surface area contributed by atoms with Crippen molar-refractivity contribution in [2.75, 3.05) is 40.3 Å². The zero-order chi connectivity index (χ0) is 21.0. The van der Waals surface area contributed by atoms with Crippen LogP contribution in [0.3, 0.4) is 0 Å². The quantitative estimate of drug-likeness (QED) is 0.809. The zero-order valence-corrected chi connectivity index (χ0v) is 17.7. The summed E-state index contributed by atoms with van der Waals surface area (Å²) in [5, 5.41) is 6.95. The molecule has 1 aromatic carbocycles. The minimum absolute atomic E-state index is 0.0142. The number of hydrogen-bond donors (Lipinski definition) is 1. The van der Waals surface area contributed by atoms with Crippen LogP contribution in [0.25, 0.3) is 11.3 Å². The lowest BCUT2D eigenvalue weighted by Gasteiger charge is -2.31. The minimum Gasteiger partial charge on any atom is -0.355 e. The second-order valence-corrected chi connectivity index (χ2v) is 8.06. The molecule has 0 unspecified atom stereocenters. The van der Waals surface area contributed by atoms with Crippen LogP contribution in [0.2, 0.25) is 0 Å². The van der Waals surface area contributed by atoms with Crippen molar-refractivity contribution >= 4 is 11.8 Å². The number of carbonyl (C=O) groups is 2. The Hall–Kier alpha value is -2.67. The summed E-state index contributed by atoms with van der Waals surface area (Å²) in [6.07, 6.45) is 1.60. The molecular weight excluding hydrogens is 368 g/mol. The summed E-state index contributed by atoms with van der Waals surface area (Å²) in [5.41, 5.74) is 3.54. The van der Waals surface area contributed by atoms with E-state index in [9.17, 15) is 9.59 Å². The van der Waals surface area contributed by atoms with Gasteiger partial charge in [0, 0.05) is 37.8 Å². The lowest BCUT2D eigenvalue weighted by Crippen LogP contribution is -2.46. The van der Waals surface area contributed by atoms with E-state index in [0.717, 1.165) is 30.5 Å². The van der Waals surface area contributed by atoms with Gasteiger partial charge in [-0.15, -0.1) is 0 Å². The van der Waals surface area contributed by atoms with Crippen LogP contribution < -0.4 is 5.32 Å². The Balaban J connectivity index is 1.63. The van der Waals surface area contributed by atoms with Gasteiger partial charge in [-0.2, -0.15) is 0 Å². The van der Waals surface area contributed by atoms with Gasteiger partial charge in [0.05, 0.1) is 5.92 Å². The number of aryl methyl sites for hydroxylation is 2. The van der Waals surface area contributed by atoms with Crippen LogP contribution in [0.5, 0.6) is 0 Å². The first kappa shape index (κ1) is 21.0. The molecule has 7 heteroatoms. The topological polar surface area (TPSA) is 78.7 Å². The van der Waals surface area contributed by atoms with Crippen LogP contribution in [-0.2, 0) is 4.79 Å². The van der Waals surface area contributed by atoms with Crippen molar-refractivity contribution in [2.24, 2.45) is 5.92 Å². The maximum absolute atomic E-state index is 12.9. The highest BCUT2D eigenvalue weighted by Crippen LogP contribution is 2.24. The summed E-state index contributed by atoms with van der Waals surface area (Å²) in [6, 6.07) is 7.71. The number of likely N-dealkylation sites (N-methyl/N-ethyl adjacent to an activating group) is 1. The molecular formula is C22H30N4O3. The molecule has 2 amide bonds. The molecule has 0 aliphatic carbocycles. The van der Waals surface area contributed by atoms with Crippen molar-refractivity contribution in [3.05, 3.63) is 41.1 Å². The molecule has 2 aromatic rings. The van der Waals surface area contributed by atoms with Gasteiger partial charge in [-0.1, -0.05) is 17.3 Å². The van der Waals surface area contributed by atoms with Gasteiger partial charge in [-0.3, -0.25) is 9.59 Å². The molecule has 0 spiro atoms. The van der Waals surface area contributed by atoms with Gasteiger partial charge in [0.1, 0.15) is 0 Å². The van der Waals surface area contributed by atoms with Gasteiger partial charge in [-0.05, 0) is 58.0 Å². The van der Waals surface area contributed by atoms with Crippen molar-refractivity contribution in [3.8, 4) is 11.3 Å². The molecule has 0 saturated carbocycles. The van der Waals surface area contributed by atoms with Crippen molar-refractivity contribution in [1.82, 2.24) is 20.3 Å². The third-order valence-corrected chi connectivity index (χ3v) is 5.46. The van der Waals surface area contributed by atoms with E-state index in [1.807, 2.05) is 44.1 Å². The Morgan fingerprint density at radius 1 is 1.24 bits per heavy atom. The summed E-state index contributed by atoms with van der Waals surface area (Å²) >= 11 is 0. The number of aromatic nitrogens is 1. The molecule has 1 aliphatic rings. The van der Waals surface area contributed by atoms with E-state index in [2.05, 4.69) is 17.4 Å². The molecule has 156 valence electrons. The lowest BCUT2D eigenvalue weighted by molar-refractivity contribution is -0.126. The van der Waals surface area contributed by atoms with Crippen LogP contribution >= 0.6 is 0 Å². The number of carbonyl (C=O) groups excluding carboxylic acids is 2. The fourth-order valence-corrected chi connectivity index (χ4v) is 3.49. The zero-order valence-electron chi connectivity index (χ0n) is 17.7. The van der Waals surface area contributed by atoms with Gasteiger partial charge >= 0.3 is 0 Å². The molecule has 0 radical (unpaired) electrons. The highest BCUT2D eigenvalue weighted by atomic mass is 16.5. The number of amides is 2. The Bertz CT molecular complexity index is 875. The summed E-state index contributed by atoms with van der Waals surface area (Å²) in [7, 11) is 3.94. The fraction of sp³-hybridized carbons (Fsp3) is 0.500. The van der Waals surface area contributed by atoms with Gasteiger partial charge in [-0.25, -0.2) is 0 Å². The fourth-order valence-electron chi connectivity index (χ4n) is 3.49. The van der Waals surface area contributed by atoms with E-state index < -0.39 is 0 Å². The van der Waals surface area contributed by atoms with Gasteiger partial charge in [0.25, 0.3) is 5.91 Å². The molecule has 3 rings (SSSR count). The Labute approximate surface area is 172 Å². The van der Waals surface area contributed by atoms with E-state index in [1.54, 1.807) is 11.0 Å². The molecule has 1 fully saturated rings. The number of nitrogens with one attached hydrogen (secondary N) is 1. The van der Waals surface area contributed by atoms with Crippen molar-refractivity contribution < 1.29 is 14.1 Å². The molecule has 1 aliphatic heterocycles. The standard InChI is InChI=1S/C22H30N4O3/c1-15-7-8-17(12-16(15)2)20-13-19(24-29-20)22(28)26-10-5-6-18(14-26)21(27)23-9-11-25(3)4/h7-8,12-13,18H,5-6,9-11,14H2,1-4H3,(H,23,27)/t18-/m0/s1. The predicted molar refractivity (Wildman–Crippen MR) is 112 cm³/mol. The monoisotopic (exact) mass is 398 g/mol. The maximum Gasteiger partial charge on any atom is 0.276 e. The molecule has 7 nitrogen and oxygen atoms in total. The Morgan fingerprint density at radius 3 is 2.76 bits per heavy atom. The number of hydrogen-bond acceptors (Lipinski definition) is 5. The molecule has 29 heavy (non-hydrogen) atoms. The highest BCUT2D eigenvalue weighted by molar-refractivity contribution is 5.93. The van der Waals surface area contributed by atoms with Gasteiger partial charge < -0.3 is 19.6 Å². The molecule has 2 heterocycles. The van der Waals surface area contributed by atoms with E-state index >= 15 is 0 Å². The van der Waals surface area contributed by atoms with Crippen molar-refractivity contribution in [2.45, 2.75) is 26.7 Å². The van der Waals surface area contributed by atoms with Crippen LogP contribution in [0, 0.1) is 19.8 Å². The first-order chi connectivity index (χ1) is 13.8. The normalized spacial score (nSPS) is 16.9. The summed E-state index contributed by atoms with van der Waals surface area (Å²) in [5.74, 6) is 0.224. The minimum atomic E-state index is -0.186. The van der Waals surface area contributed by atoms with E-state index in [1.165, 1.54) is 5.56 Å². The molecule has 1 N–H and O–H groups in total. The highest BCUT2D eigenvalue weighted by Gasteiger charge is 2.30. The first-order valence-corrected chi connectivity index (χ1v) is 10.1. The Kier molecular flexibility index (Phi) is 6.69. The van der Waals surface area contributed by atoms with E-state index in [-0.39, 0.29) is 23.4 Å². The van der Waals surface area contributed by atoms with Crippen LogP contribution in [-0.4, -0.2) is 67.0 Å². The summed E-state index contributed by atoms with van der Waals surface area (Å²) in [4.78, 5) is 29.1. The predicted octanol–water partition coefficient (Wildman–Crippen LogP) is 2.49. The number of likely N-dealkylation sites (tertiary alicyclic amines) is 1. The molecule has 0 bridgehead atoms. The third-order valence-electron chi connectivity index (χ3n) is 5.46. The molecule has 1 aromatic heterocycles. The average molecular weight is 399 g/mol. The first-order valence-electron chi connectivity index (χ1n) is 10.1. The number of benzene rings is 1. The smallest absolute Gasteiger partial charge is 0.276 e. The second-order valence-electron chi connectivity index (χ2n) is 8.06. The summed E-state index contributed by atoms with van der Waals surface area (Å²) < 4.78 is 5.43.